The summed E-state index contributed by atoms with van der Waals surface area (Å²) in [6.07, 6.45) is 0. The maximum atomic E-state index is 12.3. The minimum Gasteiger partial charge on any atom is -0.342 e. The Kier molecular flexibility index (Phi) is 5.55. The number of para-hydroxylation sites is 1. The van der Waals surface area contributed by atoms with Crippen LogP contribution in [0.25, 0.3) is 0 Å². The van der Waals surface area contributed by atoms with Crippen molar-refractivity contribution >= 4 is 43.6 Å². The third-order valence-corrected chi connectivity index (χ3v) is 4.97. The number of anilines is 1. The Hall–Kier alpha value is -1.41. The maximum Gasteiger partial charge on any atom is 0.319 e. The highest BCUT2D eigenvalue weighted by atomic mass is 79.9. The number of halogens is 2. The van der Waals surface area contributed by atoms with Crippen LogP contribution in [0.4, 0.5) is 10.5 Å². The number of benzene rings is 2. The molecule has 7 heteroatoms. The highest BCUT2D eigenvalue weighted by Gasteiger charge is 2.38. The average molecular weight is 456 g/mol. The van der Waals surface area contributed by atoms with Crippen molar-refractivity contribution in [2.75, 3.05) is 25.1 Å². The van der Waals surface area contributed by atoms with Crippen LogP contribution in [-0.2, 0) is 15.3 Å². The number of carbonyl (C=O) groups is 1. The first-order valence-corrected chi connectivity index (χ1v) is 9.02. The predicted octanol–water partition coefficient (Wildman–Crippen LogP) is 4.23. The number of urea groups is 1. The Morgan fingerprint density at radius 2 is 1.62 bits per heavy atom. The summed E-state index contributed by atoms with van der Waals surface area (Å²) in [7, 11) is 0. The quantitative estimate of drug-likeness (QED) is 0.725. The average Bonchev–Trinajstić information content (AvgIpc) is 3.08. The van der Waals surface area contributed by atoms with Crippen LogP contribution in [0.5, 0.6) is 0 Å². The van der Waals surface area contributed by atoms with Crippen molar-refractivity contribution in [3.63, 3.8) is 0 Å². The number of ether oxygens (including phenoxy) is 2. The molecule has 24 heavy (non-hydrogen) atoms. The zero-order chi connectivity index (χ0) is 17.0. The second-order valence-corrected chi connectivity index (χ2v) is 6.93. The van der Waals surface area contributed by atoms with Gasteiger partial charge in [-0.3, -0.25) is 0 Å². The molecule has 5 nitrogen and oxygen atoms in total. The molecule has 1 aliphatic heterocycles. The number of carbonyl (C=O) groups excluding carboxylic acids is 1. The summed E-state index contributed by atoms with van der Waals surface area (Å²) in [6.45, 7) is 1.20. The minimum atomic E-state index is -0.941. The van der Waals surface area contributed by atoms with Crippen LogP contribution in [-0.4, -0.2) is 25.8 Å². The number of hydrogen-bond donors (Lipinski definition) is 2. The van der Waals surface area contributed by atoms with Crippen LogP contribution in [0.1, 0.15) is 5.56 Å². The normalized spacial score (nSPS) is 15.9. The zero-order valence-corrected chi connectivity index (χ0v) is 15.9. The fourth-order valence-corrected chi connectivity index (χ4v) is 3.69. The van der Waals surface area contributed by atoms with Gasteiger partial charge in [0.1, 0.15) is 0 Å². The molecule has 3 rings (SSSR count). The van der Waals surface area contributed by atoms with Gasteiger partial charge in [0, 0.05) is 14.5 Å². The van der Waals surface area contributed by atoms with Crippen LogP contribution < -0.4 is 10.6 Å². The van der Waals surface area contributed by atoms with Crippen molar-refractivity contribution in [3.8, 4) is 0 Å². The Labute approximate surface area is 157 Å². The molecular formula is C17H16Br2N2O3. The lowest BCUT2D eigenvalue weighted by Gasteiger charge is -2.28. The van der Waals surface area contributed by atoms with Crippen molar-refractivity contribution in [3.05, 3.63) is 63.0 Å². The molecule has 0 bridgehead atoms. The number of hydrogen-bond acceptors (Lipinski definition) is 3. The minimum absolute atomic E-state index is 0.213. The molecule has 1 fully saturated rings. The van der Waals surface area contributed by atoms with Gasteiger partial charge in [0.25, 0.3) is 0 Å². The molecule has 0 aromatic heterocycles. The van der Waals surface area contributed by atoms with E-state index in [9.17, 15) is 4.79 Å². The third kappa shape index (κ3) is 3.80. The first-order valence-electron chi connectivity index (χ1n) is 7.43. The lowest BCUT2D eigenvalue weighted by Crippen LogP contribution is -2.43. The second-order valence-electron chi connectivity index (χ2n) is 5.22. The monoisotopic (exact) mass is 454 g/mol. The third-order valence-electron chi connectivity index (χ3n) is 3.65. The molecule has 126 valence electrons. The number of rotatable bonds is 4. The molecule has 1 saturated heterocycles. The van der Waals surface area contributed by atoms with Gasteiger partial charge < -0.3 is 20.1 Å². The van der Waals surface area contributed by atoms with Crippen LogP contribution in [0.15, 0.2) is 57.5 Å². The largest absolute Gasteiger partial charge is 0.342 e. The van der Waals surface area contributed by atoms with Gasteiger partial charge >= 0.3 is 6.03 Å². The van der Waals surface area contributed by atoms with E-state index < -0.39 is 5.79 Å². The van der Waals surface area contributed by atoms with Gasteiger partial charge in [-0.25, -0.2) is 4.79 Å². The van der Waals surface area contributed by atoms with Crippen LogP contribution in [0.2, 0.25) is 0 Å². The van der Waals surface area contributed by atoms with Crippen molar-refractivity contribution in [1.82, 2.24) is 5.32 Å². The zero-order valence-electron chi connectivity index (χ0n) is 12.7. The molecule has 2 aromatic rings. The van der Waals surface area contributed by atoms with Crippen LogP contribution in [0, 0.1) is 0 Å². The van der Waals surface area contributed by atoms with E-state index >= 15 is 0 Å². The van der Waals surface area contributed by atoms with E-state index in [1.807, 2.05) is 48.5 Å². The van der Waals surface area contributed by atoms with Gasteiger partial charge in [0.2, 0.25) is 5.79 Å². The fourth-order valence-electron chi connectivity index (χ4n) is 2.49. The van der Waals surface area contributed by atoms with E-state index in [4.69, 9.17) is 9.47 Å². The second kappa shape index (κ2) is 7.65. The molecule has 1 aliphatic rings. The van der Waals surface area contributed by atoms with Crippen molar-refractivity contribution < 1.29 is 14.3 Å². The van der Waals surface area contributed by atoms with E-state index in [1.54, 1.807) is 0 Å². The Morgan fingerprint density at radius 3 is 2.25 bits per heavy atom. The predicted molar refractivity (Wildman–Crippen MR) is 98.9 cm³/mol. The standard InChI is InChI=1S/C17H16Br2N2O3/c18-13-7-4-8-14(19)15(13)21-16(22)20-11-17(23-9-10-24-17)12-5-2-1-3-6-12/h1-8H,9-11H2,(H2,20,21,22). The fraction of sp³-hybridized carbons (Fsp3) is 0.235. The number of nitrogens with one attached hydrogen (secondary N) is 2. The summed E-state index contributed by atoms with van der Waals surface area (Å²) < 4.78 is 13.2. The van der Waals surface area contributed by atoms with Crippen LogP contribution in [0.3, 0.4) is 0 Å². The van der Waals surface area contributed by atoms with Gasteiger partial charge in [0.05, 0.1) is 25.4 Å². The van der Waals surface area contributed by atoms with Gasteiger partial charge in [-0.15, -0.1) is 0 Å². The van der Waals surface area contributed by atoms with E-state index in [2.05, 4.69) is 42.5 Å². The summed E-state index contributed by atoms with van der Waals surface area (Å²) in [6, 6.07) is 14.9. The first-order chi connectivity index (χ1) is 11.6. The highest BCUT2D eigenvalue weighted by Crippen LogP contribution is 2.32. The molecule has 0 radical (unpaired) electrons. The molecule has 2 N–H and O–H groups in total. The molecule has 1 heterocycles. The Balaban J connectivity index is 1.68. The number of amides is 2. The molecule has 2 amide bonds. The molecule has 2 aromatic carbocycles. The molecule has 0 saturated carbocycles. The van der Waals surface area contributed by atoms with E-state index in [0.717, 1.165) is 14.5 Å². The Bertz CT molecular complexity index is 699. The summed E-state index contributed by atoms with van der Waals surface area (Å²) in [5, 5.41) is 5.64. The summed E-state index contributed by atoms with van der Waals surface area (Å²) in [5.41, 5.74) is 1.54. The van der Waals surface area contributed by atoms with E-state index in [0.29, 0.717) is 18.9 Å². The summed E-state index contributed by atoms with van der Waals surface area (Å²) in [4.78, 5) is 12.3. The lowest BCUT2D eigenvalue weighted by atomic mass is 10.1. The topological polar surface area (TPSA) is 59.6 Å². The van der Waals surface area contributed by atoms with Crippen molar-refractivity contribution in [1.29, 1.82) is 0 Å². The van der Waals surface area contributed by atoms with Gasteiger partial charge in [-0.05, 0) is 44.0 Å². The molecule has 0 atom stereocenters. The van der Waals surface area contributed by atoms with Crippen molar-refractivity contribution in [2.45, 2.75) is 5.79 Å². The van der Waals surface area contributed by atoms with Gasteiger partial charge in [0.15, 0.2) is 0 Å². The maximum absolute atomic E-state index is 12.3. The Morgan fingerprint density at radius 1 is 1.00 bits per heavy atom. The van der Waals surface area contributed by atoms with E-state index in [-0.39, 0.29) is 12.6 Å². The molecule has 0 aliphatic carbocycles. The first kappa shape index (κ1) is 17.4. The molecule has 0 spiro atoms. The molecule has 0 unspecified atom stereocenters. The molecular weight excluding hydrogens is 440 g/mol. The van der Waals surface area contributed by atoms with E-state index in [1.165, 1.54) is 0 Å². The lowest BCUT2D eigenvalue weighted by molar-refractivity contribution is -0.160. The van der Waals surface area contributed by atoms with Gasteiger partial charge in [-0.2, -0.15) is 0 Å². The highest BCUT2D eigenvalue weighted by molar-refractivity contribution is 9.11. The smallest absolute Gasteiger partial charge is 0.319 e. The van der Waals surface area contributed by atoms with Crippen LogP contribution >= 0.6 is 31.9 Å². The SMILES string of the molecule is O=C(NCC1(c2ccccc2)OCCO1)Nc1c(Br)cccc1Br. The summed E-state index contributed by atoms with van der Waals surface area (Å²) >= 11 is 6.84. The summed E-state index contributed by atoms with van der Waals surface area (Å²) in [5.74, 6) is -0.941. The van der Waals surface area contributed by atoms with Crippen molar-refractivity contribution in [2.24, 2.45) is 0 Å². The van der Waals surface area contributed by atoms with Gasteiger partial charge in [-0.1, -0.05) is 36.4 Å².